The number of amides is 1. The van der Waals surface area contributed by atoms with Crippen molar-refractivity contribution in [2.24, 2.45) is 0 Å². The lowest BCUT2D eigenvalue weighted by Crippen LogP contribution is -2.22. The lowest BCUT2D eigenvalue weighted by Gasteiger charge is -2.12. The molecule has 3 aromatic rings. The number of benzene rings is 2. The molecule has 0 unspecified atom stereocenters. The number of anilines is 1. The number of pyridine rings is 1. The van der Waals surface area contributed by atoms with Crippen LogP contribution in [0.25, 0.3) is 10.9 Å². The zero-order valence-corrected chi connectivity index (χ0v) is 16.5. The monoisotopic (exact) mass is 401 g/mol. The van der Waals surface area contributed by atoms with Gasteiger partial charge in [0, 0.05) is 36.3 Å². The van der Waals surface area contributed by atoms with Gasteiger partial charge in [0.05, 0.1) is 16.2 Å². The molecule has 0 saturated carbocycles. The molecule has 0 radical (unpaired) electrons. The molecule has 1 heterocycles. The van der Waals surface area contributed by atoms with Gasteiger partial charge >= 0.3 is 0 Å². The minimum absolute atomic E-state index is 0.137. The number of para-hydroxylation sites is 1. The van der Waals surface area contributed by atoms with Gasteiger partial charge in [-0.1, -0.05) is 24.3 Å². The number of carbonyl (C=O) groups excluding carboxylic acids is 1. The Morgan fingerprint density at radius 2 is 1.89 bits per heavy atom. The summed E-state index contributed by atoms with van der Waals surface area (Å²) in [7, 11) is -0.608. The van der Waals surface area contributed by atoms with Crippen LogP contribution in [0, 0.1) is 0 Å². The molecule has 1 N–H and O–H groups in total. The molecule has 0 aliphatic carbocycles. The van der Waals surface area contributed by atoms with E-state index in [4.69, 9.17) is 0 Å². The number of hydrogen-bond acceptors (Lipinski definition) is 5. The van der Waals surface area contributed by atoms with Crippen LogP contribution in [-0.4, -0.2) is 43.5 Å². The van der Waals surface area contributed by atoms with E-state index >= 15 is 0 Å². The summed E-state index contributed by atoms with van der Waals surface area (Å²) in [6.45, 7) is 0. The summed E-state index contributed by atoms with van der Waals surface area (Å²) < 4.78 is 25.6. The third-order valence-electron chi connectivity index (χ3n) is 3.86. The van der Waals surface area contributed by atoms with Gasteiger partial charge in [-0.3, -0.25) is 9.78 Å². The highest BCUT2D eigenvalue weighted by Crippen LogP contribution is 2.26. The summed E-state index contributed by atoms with van der Waals surface area (Å²) >= 11 is 1.41. The highest BCUT2D eigenvalue weighted by Gasteiger charge is 2.17. The van der Waals surface area contributed by atoms with Crippen molar-refractivity contribution in [3.63, 3.8) is 0 Å². The average Bonchev–Trinajstić information content (AvgIpc) is 2.66. The average molecular weight is 402 g/mol. The number of aromatic nitrogens is 1. The second kappa shape index (κ2) is 8.08. The van der Waals surface area contributed by atoms with Crippen LogP contribution in [0.5, 0.6) is 0 Å². The van der Waals surface area contributed by atoms with E-state index in [-0.39, 0.29) is 16.6 Å². The van der Waals surface area contributed by atoms with E-state index in [2.05, 4.69) is 10.3 Å². The number of fused-ring (bicyclic) bond motifs is 1. The minimum Gasteiger partial charge on any atom is -0.325 e. The molecule has 0 aliphatic heterocycles. The van der Waals surface area contributed by atoms with E-state index in [1.807, 2.05) is 30.3 Å². The number of nitrogens with zero attached hydrogens (tertiary/aromatic N) is 2. The standard InChI is InChI=1S/C19H19N3O3S2/c1-22(2)27(24,25)15-7-5-6-14(12-15)21-19(23)13-26-18-10-11-20-17-9-4-3-8-16(17)18/h3-12H,13H2,1-2H3,(H,21,23). The van der Waals surface area contributed by atoms with Crippen LogP contribution in [0.1, 0.15) is 0 Å². The van der Waals surface area contributed by atoms with Gasteiger partial charge in [0.1, 0.15) is 0 Å². The first-order chi connectivity index (χ1) is 12.9. The smallest absolute Gasteiger partial charge is 0.242 e. The fourth-order valence-corrected chi connectivity index (χ4v) is 4.27. The fraction of sp³-hybridized carbons (Fsp3) is 0.158. The van der Waals surface area contributed by atoms with Crippen LogP contribution in [0.3, 0.4) is 0 Å². The number of sulfonamides is 1. The van der Waals surface area contributed by atoms with Crippen molar-refractivity contribution in [1.29, 1.82) is 0 Å². The Kier molecular flexibility index (Phi) is 5.79. The summed E-state index contributed by atoms with van der Waals surface area (Å²) in [6, 6.07) is 15.9. The highest BCUT2D eigenvalue weighted by atomic mass is 32.2. The van der Waals surface area contributed by atoms with Crippen LogP contribution < -0.4 is 5.32 Å². The van der Waals surface area contributed by atoms with Gasteiger partial charge in [0.15, 0.2) is 0 Å². The predicted molar refractivity (Wildman–Crippen MR) is 108 cm³/mol. The maximum atomic E-state index is 12.3. The van der Waals surface area contributed by atoms with Gasteiger partial charge in [0.25, 0.3) is 0 Å². The van der Waals surface area contributed by atoms with E-state index in [0.717, 1.165) is 20.1 Å². The molecule has 1 aromatic heterocycles. The number of rotatable bonds is 6. The van der Waals surface area contributed by atoms with Crippen molar-refractivity contribution in [2.75, 3.05) is 25.2 Å². The molecule has 8 heteroatoms. The zero-order chi connectivity index (χ0) is 19.4. The van der Waals surface area contributed by atoms with Crippen molar-refractivity contribution in [3.05, 3.63) is 60.8 Å². The van der Waals surface area contributed by atoms with Crippen LogP contribution >= 0.6 is 11.8 Å². The molecule has 27 heavy (non-hydrogen) atoms. The quantitative estimate of drug-likeness (QED) is 0.642. The number of carbonyl (C=O) groups is 1. The minimum atomic E-state index is -3.54. The maximum Gasteiger partial charge on any atom is 0.242 e. The summed E-state index contributed by atoms with van der Waals surface area (Å²) in [5.74, 6) is -0.00105. The van der Waals surface area contributed by atoms with E-state index in [1.165, 1.54) is 38.0 Å². The Morgan fingerprint density at radius 1 is 1.11 bits per heavy atom. The third kappa shape index (κ3) is 4.47. The third-order valence-corrected chi connectivity index (χ3v) is 6.75. The van der Waals surface area contributed by atoms with Crippen molar-refractivity contribution in [2.45, 2.75) is 9.79 Å². The molecule has 2 aromatic carbocycles. The van der Waals surface area contributed by atoms with Crippen LogP contribution in [0.2, 0.25) is 0 Å². The predicted octanol–water partition coefficient (Wildman–Crippen LogP) is 3.22. The summed E-state index contributed by atoms with van der Waals surface area (Å²) in [6.07, 6.45) is 1.72. The van der Waals surface area contributed by atoms with Crippen molar-refractivity contribution < 1.29 is 13.2 Å². The molecule has 3 rings (SSSR count). The van der Waals surface area contributed by atoms with Crippen molar-refractivity contribution in [1.82, 2.24) is 9.29 Å². The van der Waals surface area contributed by atoms with E-state index in [0.29, 0.717) is 5.69 Å². The first-order valence-electron chi connectivity index (χ1n) is 8.17. The van der Waals surface area contributed by atoms with Gasteiger partial charge in [-0.25, -0.2) is 12.7 Å². The van der Waals surface area contributed by atoms with E-state index in [9.17, 15) is 13.2 Å². The topological polar surface area (TPSA) is 79.4 Å². The van der Waals surface area contributed by atoms with Crippen LogP contribution in [-0.2, 0) is 14.8 Å². The zero-order valence-electron chi connectivity index (χ0n) is 14.9. The molecule has 0 bridgehead atoms. The Bertz CT molecular complexity index is 1080. The second-order valence-electron chi connectivity index (χ2n) is 5.98. The van der Waals surface area contributed by atoms with Crippen molar-refractivity contribution >= 4 is 44.3 Å². The van der Waals surface area contributed by atoms with Gasteiger partial charge < -0.3 is 5.32 Å². The molecule has 140 valence electrons. The maximum absolute atomic E-state index is 12.3. The van der Waals surface area contributed by atoms with Crippen LogP contribution in [0.4, 0.5) is 5.69 Å². The van der Waals surface area contributed by atoms with Crippen molar-refractivity contribution in [3.8, 4) is 0 Å². The molecule has 1 amide bonds. The Hall–Kier alpha value is -2.42. The highest BCUT2D eigenvalue weighted by molar-refractivity contribution is 8.00. The largest absolute Gasteiger partial charge is 0.325 e. The number of thioether (sulfide) groups is 1. The van der Waals surface area contributed by atoms with Gasteiger partial charge in [-0.05, 0) is 30.3 Å². The lowest BCUT2D eigenvalue weighted by molar-refractivity contribution is -0.113. The second-order valence-corrected chi connectivity index (χ2v) is 9.15. The lowest BCUT2D eigenvalue weighted by atomic mass is 10.2. The molecule has 0 aliphatic rings. The van der Waals surface area contributed by atoms with E-state index in [1.54, 1.807) is 18.3 Å². The normalized spacial score (nSPS) is 11.7. The molecule has 0 atom stereocenters. The Morgan fingerprint density at radius 3 is 2.67 bits per heavy atom. The number of nitrogens with one attached hydrogen (secondary N) is 1. The Balaban J connectivity index is 1.70. The SMILES string of the molecule is CN(C)S(=O)(=O)c1cccc(NC(=O)CSc2ccnc3ccccc23)c1. The van der Waals surface area contributed by atoms with Gasteiger partial charge in [-0.2, -0.15) is 0 Å². The number of hydrogen-bond donors (Lipinski definition) is 1. The molecular weight excluding hydrogens is 382 g/mol. The first-order valence-corrected chi connectivity index (χ1v) is 10.6. The summed E-state index contributed by atoms with van der Waals surface area (Å²) in [5, 5.41) is 3.75. The molecule has 6 nitrogen and oxygen atoms in total. The molecule has 0 spiro atoms. The van der Waals surface area contributed by atoms with Gasteiger partial charge in [-0.15, -0.1) is 11.8 Å². The van der Waals surface area contributed by atoms with E-state index < -0.39 is 10.0 Å². The first kappa shape index (κ1) is 19.3. The Labute approximate surface area is 162 Å². The molecule has 0 saturated heterocycles. The van der Waals surface area contributed by atoms with Gasteiger partial charge in [0.2, 0.25) is 15.9 Å². The summed E-state index contributed by atoms with van der Waals surface area (Å²) in [5.41, 5.74) is 1.33. The summed E-state index contributed by atoms with van der Waals surface area (Å²) in [4.78, 5) is 17.7. The molecule has 0 fully saturated rings. The molecular formula is C19H19N3O3S2. The van der Waals surface area contributed by atoms with Crippen LogP contribution in [0.15, 0.2) is 70.6 Å². The fourth-order valence-electron chi connectivity index (χ4n) is 2.48.